The van der Waals surface area contributed by atoms with Gasteiger partial charge in [0.25, 0.3) is 0 Å². The molecule has 3 aliphatic rings. The predicted octanol–water partition coefficient (Wildman–Crippen LogP) is 19.8. The van der Waals surface area contributed by atoms with Gasteiger partial charge in [0.2, 0.25) is 0 Å². The van der Waals surface area contributed by atoms with Crippen LogP contribution in [0.25, 0.3) is 45.5 Å². The van der Waals surface area contributed by atoms with E-state index in [0.717, 1.165) is 106 Å². The molecule has 12 aromatic rings. The number of hydrogen-bond acceptors (Lipinski definition) is 3. The zero-order valence-electron chi connectivity index (χ0n) is 47.6. The van der Waals surface area contributed by atoms with Crippen LogP contribution in [0.2, 0.25) is 13.1 Å². The van der Waals surface area contributed by atoms with Crippen LogP contribution in [0.4, 0.5) is 25.8 Å². The van der Waals surface area contributed by atoms with Gasteiger partial charge in [-0.05, 0) is 209 Å². The van der Waals surface area contributed by atoms with Crippen LogP contribution in [0, 0.1) is 11.6 Å². The molecule has 0 amide bonds. The first-order chi connectivity index (χ1) is 42.1. The molecule has 0 bridgehead atoms. The number of hydrogen-bond donors (Lipinski definition) is 0. The second-order valence-electron chi connectivity index (χ2n) is 23.1. The van der Waals surface area contributed by atoms with Crippen molar-refractivity contribution < 1.29 is 18.3 Å². The van der Waals surface area contributed by atoms with Crippen LogP contribution in [0.3, 0.4) is 0 Å². The van der Waals surface area contributed by atoms with E-state index in [9.17, 15) is 0 Å². The van der Waals surface area contributed by atoms with Gasteiger partial charge in [-0.1, -0.05) is 202 Å². The van der Waals surface area contributed by atoms with Gasteiger partial charge in [0.15, 0.2) is 0 Å². The third kappa shape index (κ3) is 8.19. The highest BCUT2D eigenvalue weighted by Gasteiger charge is 2.49. The summed E-state index contributed by atoms with van der Waals surface area (Å²) in [6.45, 7) is 12.8. The Morgan fingerprint density at radius 1 is 0.337 bits per heavy atom. The van der Waals surface area contributed by atoms with E-state index in [0.29, 0.717) is 11.5 Å². The molecule has 0 aromatic heterocycles. The maximum atomic E-state index is 15.3. The monoisotopic (exact) mass is 1130 g/mol. The second kappa shape index (κ2) is 20.4. The summed E-state index contributed by atoms with van der Waals surface area (Å²) >= 11 is 0. The fourth-order valence-electron chi connectivity index (χ4n) is 14.2. The summed E-state index contributed by atoms with van der Waals surface area (Å²) in [5, 5.41) is 2.81. The molecule has 0 fully saturated rings. The molecule has 0 radical (unpaired) electrons. The number of benzene rings is 12. The third-order valence-corrected chi connectivity index (χ3v) is 21.8. The highest BCUT2D eigenvalue weighted by Crippen LogP contribution is 2.60. The van der Waals surface area contributed by atoms with E-state index >= 15 is 8.78 Å². The Labute approximate surface area is 501 Å². The van der Waals surface area contributed by atoms with Gasteiger partial charge in [0.05, 0.1) is 10.8 Å². The lowest BCUT2D eigenvalue weighted by molar-refractivity contribution is 0.482. The molecular weight excluding hydrogens is 1070 g/mol. The largest absolute Gasteiger partial charge is 0.457 e. The first kappa shape index (κ1) is 52.4. The molecule has 0 saturated heterocycles. The standard InChI is InChI=1S/C80H57F2NO2Si/c1-5-52-19-38-63(39-20-52)84-65-42-27-56(28-43-65)79(54-23-31-58(81)32-24-54)73-16-10-7-13-67(73)69-46-35-60(49-75(69)79)83(62-37-48-72-71-15-9-12-18-77(71)86(3,4)78(72)51-62)61-36-47-70-68-14-8-11-17-74(68)80(76(70)50-61,55-25-33-59(82)34-26-55)57-29-44-66(45-30-57)85-64-40-21-53(6-2)22-41-64/h5-51H,1-2H2,3-4H3. The lowest BCUT2D eigenvalue weighted by atomic mass is 9.67. The minimum absolute atomic E-state index is 0.304. The van der Waals surface area contributed by atoms with Gasteiger partial charge in [-0.25, -0.2) is 8.78 Å². The highest BCUT2D eigenvalue weighted by atomic mass is 28.3. The molecule has 2 atom stereocenters. The molecule has 412 valence electrons. The topological polar surface area (TPSA) is 21.7 Å². The lowest BCUT2D eigenvalue weighted by Gasteiger charge is -2.36. The molecular formula is C80H57F2NO2Si. The van der Waals surface area contributed by atoms with E-state index in [1.54, 1.807) is 24.3 Å². The minimum atomic E-state index is -2.20. The van der Waals surface area contributed by atoms with Crippen LogP contribution in [0.1, 0.15) is 55.6 Å². The van der Waals surface area contributed by atoms with Crippen molar-refractivity contribution in [3.05, 3.63) is 353 Å². The lowest BCUT2D eigenvalue weighted by Crippen LogP contribution is -2.49. The minimum Gasteiger partial charge on any atom is -0.457 e. The molecule has 0 N–H and O–H groups in total. The molecule has 0 spiro atoms. The average molecular weight is 1130 g/mol. The summed E-state index contributed by atoms with van der Waals surface area (Å²) < 4.78 is 43.6. The molecule has 2 unspecified atom stereocenters. The van der Waals surface area contributed by atoms with Gasteiger partial charge in [0.1, 0.15) is 42.7 Å². The zero-order valence-corrected chi connectivity index (χ0v) is 48.6. The molecule has 1 heterocycles. The van der Waals surface area contributed by atoms with Gasteiger partial charge in [0, 0.05) is 17.1 Å². The zero-order chi connectivity index (χ0) is 58.3. The predicted molar refractivity (Wildman–Crippen MR) is 351 cm³/mol. The Morgan fingerprint density at radius 2 is 0.663 bits per heavy atom. The smallest absolute Gasteiger partial charge is 0.127 e. The van der Waals surface area contributed by atoms with Crippen molar-refractivity contribution >= 4 is 47.7 Å². The third-order valence-electron chi connectivity index (χ3n) is 18.2. The Hall–Kier alpha value is -10.4. The summed E-state index contributed by atoms with van der Waals surface area (Å²) in [6, 6.07) is 93.6. The van der Waals surface area contributed by atoms with E-state index in [4.69, 9.17) is 9.47 Å². The van der Waals surface area contributed by atoms with Gasteiger partial charge in [-0.2, -0.15) is 0 Å². The average Bonchev–Trinajstić information content (AvgIpc) is 1.57. The summed E-state index contributed by atoms with van der Waals surface area (Å²) in [5.41, 5.74) is 18.4. The van der Waals surface area contributed by atoms with E-state index in [1.807, 2.05) is 109 Å². The molecule has 1 aliphatic heterocycles. The number of fused-ring (bicyclic) bond motifs is 9. The van der Waals surface area contributed by atoms with E-state index in [1.165, 1.54) is 21.5 Å². The van der Waals surface area contributed by atoms with Gasteiger partial charge >= 0.3 is 0 Å². The maximum Gasteiger partial charge on any atom is 0.127 e. The summed E-state index contributed by atoms with van der Waals surface area (Å²) in [5.74, 6) is 2.22. The number of rotatable bonds is 13. The van der Waals surface area contributed by atoms with Crippen molar-refractivity contribution in [3.8, 4) is 56.4 Å². The Morgan fingerprint density at radius 3 is 1.08 bits per heavy atom. The maximum absolute atomic E-state index is 15.3. The van der Waals surface area contributed by atoms with Crippen LogP contribution in [0.15, 0.2) is 286 Å². The Bertz CT molecular complexity index is 4410. The summed E-state index contributed by atoms with van der Waals surface area (Å²) in [7, 11) is -2.20. The molecule has 15 rings (SSSR count). The van der Waals surface area contributed by atoms with Gasteiger partial charge in [-0.15, -0.1) is 0 Å². The Balaban J connectivity index is 0.951. The molecule has 2 aliphatic carbocycles. The second-order valence-corrected chi connectivity index (χ2v) is 27.4. The van der Waals surface area contributed by atoms with Gasteiger partial charge < -0.3 is 14.4 Å². The number of anilines is 3. The van der Waals surface area contributed by atoms with Gasteiger partial charge in [-0.3, -0.25) is 0 Å². The van der Waals surface area contributed by atoms with E-state index in [2.05, 4.69) is 183 Å². The van der Waals surface area contributed by atoms with Crippen LogP contribution < -0.4 is 24.7 Å². The summed E-state index contributed by atoms with van der Waals surface area (Å²) in [6.07, 6.45) is 3.63. The summed E-state index contributed by atoms with van der Waals surface area (Å²) in [4.78, 5) is 2.42. The Kier molecular flexibility index (Phi) is 12.5. The SMILES string of the molecule is C=Cc1ccc(Oc2ccc(C3(c4ccc(F)cc4)c4ccccc4-c4ccc(N(c5ccc6c(c5)C(c5ccc(F)cc5)(c5ccc(Oc7ccc(C=C)cc7)cc5)c5ccccc5-6)c5ccc6c(c5)[Si](C)(C)c5ccccc5-6)cc43)cc2)cc1. The molecule has 12 aromatic carbocycles. The van der Waals surface area contributed by atoms with Crippen molar-refractivity contribution in [1.29, 1.82) is 0 Å². The van der Waals surface area contributed by atoms with Crippen molar-refractivity contribution in [2.24, 2.45) is 0 Å². The number of nitrogens with zero attached hydrogens (tertiary/aromatic N) is 1. The molecule has 0 saturated carbocycles. The quantitative estimate of drug-likeness (QED) is 0.107. The van der Waals surface area contributed by atoms with Crippen LogP contribution >= 0.6 is 0 Å². The van der Waals surface area contributed by atoms with E-state index < -0.39 is 18.9 Å². The molecule has 6 heteroatoms. The van der Waals surface area contributed by atoms with Crippen molar-refractivity contribution in [2.75, 3.05) is 4.90 Å². The van der Waals surface area contributed by atoms with Crippen LogP contribution in [-0.2, 0) is 10.8 Å². The first-order valence-corrected chi connectivity index (χ1v) is 32.1. The number of ether oxygens (including phenoxy) is 2. The first-order valence-electron chi connectivity index (χ1n) is 29.1. The number of halogens is 2. The van der Waals surface area contributed by atoms with E-state index in [-0.39, 0.29) is 11.6 Å². The van der Waals surface area contributed by atoms with Crippen molar-refractivity contribution in [1.82, 2.24) is 0 Å². The van der Waals surface area contributed by atoms with Crippen molar-refractivity contribution in [2.45, 2.75) is 23.9 Å². The fourth-order valence-corrected chi connectivity index (χ4v) is 17.3. The normalized spacial score (nSPS) is 16.2. The molecule has 86 heavy (non-hydrogen) atoms. The van der Waals surface area contributed by atoms with Crippen LogP contribution in [-0.4, -0.2) is 8.07 Å². The fraction of sp³-hybridized carbons (Fsp3) is 0.0500. The molecule has 3 nitrogen and oxygen atoms in total. The highest BCUT2D eigenvalue weighted by molar-refractivity contribution is 7.03. The van der Waals surface area contributed by atoms with Crippen molar-refractivity contribution in [3.63, 3.8) is 0 Å². The van der Waals surface area contributed by atoms with Crippen LogP contribution in [0.5, 0.6) is 23.0 Å².